The van der Waals surface area contributed by atoms with Gasteiger partial charge in [0.15, 0.2) is 0 Å². The van der Waals surface area contributed by atoms with Gasteiger partial charge in [-0.15, -0.1) is 0 Å². The van der Waals surface area contributed by atoms with E-state index in [1.165, 1.54) is 35.4 Å². The molecule has 3 N–H and O–H groups in total. The number of nitrogens with two attached hydrogens (primary N) is 1. The summed E-state index contributed by atoms with van der Waals surface area (Å²) in [5, 5.41) is 3.61. The number of hydrogen-bond donors (Lipinski definition) is 2. The molecular formula is C19H24Cl4N2O5. The molecule has 0 aliphatic heterocycles. The molecule has 0 bridgehead atoms. The van der Waals surface area contributed by atoms with Gasteiger partial charge in [0.2, 0.25) is 5.91 Å². The molecule has 0 aliphatic rings. The van der Waals surface area contributed by atoms with Crippen LogP contribution in [0.2, 0.25) is 20.1 Å². The molecule has 1 amide bonds. The lowest BCUT2D eigenvalue weighted by molar-refractivity contribution is -0.114. The average Bonchev–Trinajstić information content (AvgIpc) is 2.70. The fraction of sp³-hybridized carbons (Fsp3) is 0.316. The summed E-state index contributed by atoms with van der Waals surface area (Å²) in [6, 6.07) is 3.14. The van der Waals surface area contributed by atoms with Gasteiger partial charge in [-0.1, -0.05) is 53.8 Å². The number of halogens is 4. The van der Waals surface area contributed by atoms with E-state index in [1.807, 2.05) is 0 Å². The lowest BCUT2D eigenvalue weighted by atomic mass is 10.2. The van der Waals surface area contributed by atoms with Gasteiger partial charge in [-0.3, -0.25) is 4.79 Å². The number of carbonyl (C=O) groups is 1. The van der Waals surface area contributed by atoms with Crippen LogP contribution in [0.3, 0.4) is 0 Å². The van der Waals surface area contributed by atoms with Crippen LogP contribution in [-0.4, -0.2) is 34.3 Å². The van der Waals surface area contributed by atoms with Crippen LogP contribution < -0.4 is 30.0 Å². The minimum Gasteiger partial charge on any atom is -0.495 e. The Hall–Kier alpha value is -1.93. The molecule has 2 aromatic carbocycles. The average molecular weight is 502 g/mol. The van der Waals surface area contributed by atoms with E-state index < -0.39 is 0 Å². The summed E-state index contributed by atoms with van der Waals surface area (Å²) in [6.07, 6.45) is 0. The summed E-state index contributed by atoms with van der Waals surface area (Å²) in [6.45, 7) is 1.36. The van der Waals surface area contributed by atoms with Crippen LogP contribution in [0.5, 0.6) is 23.0 Å². The van der Waals surface area contributed by atoms with Crippen molar-refractivity contribution >= 4 is 63.7 Å². The Kier molecular flexibility index (Phi) is 11.9. The van der Waals surface area contributed by atoms with E-state index >= 15 is 0 Å². The quantitative estimate of drug-likeness (QED) is 0.474. The highest BCUT2D eigenvalue weighted by Crippen LogP contribution is 2.44. The Morgan fingerprint density at radius 2 is 1.07 bits per heavy atom. The molecule has 168 valence electrons. The minimum atomic E-state index is -0.279. The number of methoxy groups -OCH3 is 4. The number of rotatable bonds is 5. The van der Waals surface area contributed by atoms with Crippen LogP contribution >= 0.6 is 46.4 Å². The number of nitrogen functional groups attached to an aromatic ring is 1. The molecule has 0 aromatic heterocycles. The van der Waals surface area contributed by atoms with Gasteiger partial charge in [-0.05, 0) is 0 Å². The van der Waals surface area contributed by atoms with Crippen molar-refractivity contribution in [1.29, 1.82) is 0 Å². The Labute approximate surface area is 196 Å². The van der Waals surface area contributed by atoms with Crippen molar-refractivity contribution in [1.82, 2.24) is 0 Å². The molecule has 0 fully saturated rings. The summed E-state index contributed by atoms with van der Waals surface area (Å²) >= 11 is 23.7. The normalized spacial score (nSPS) is 9.50. The molecule has 0 aliphatic carbocycles. The van der Waals surface area contributed by atoms with Crippen LogP contribution in [0.15, 0.2) is 12.1 Å². The second-order valence-corrected chi connectivity index (χ2v) is 6.80. The fourth-order valence-electron chi connectivity index (χ4n) is 2.08. The van der Waals surface area contributed by atoms with E-state index in [9.17, 15) is 4.79 Å². The topological polar surface area (TPSA) is 92.0 Å². The van der Waals surface area contributed by atoms with Crippen molar-refractivity contribution in [2.75, 3.05) is 39.5 Å². The van der Waals surface area contributed by atoms with Gasteiger partial charge in [0.1, 0.15) is 43.1 Å². The highest BCUT2D eigenvalue weighted by Gasteiger charge is 2.17. The fourth-order valence-corrected chi connectivity index (χ4v) is 3.17. The minimum absolute atomic E-state index is 0. The Bertz CT molecular complexity index is 838. The molecular weight excluding hydrogens is 478 g/mol. The maximum absolute atomic E-state index is 11.0. The maximum atomic E-state index is 11.0. The van der Waals surface area contributed by atoms with Crippen molar-refractivity contribution in [2.24, 2.45) is 0 Å². The largest absolute Gasteiger partial charge is 0.495 e. The van der Waals surface area contributed by atoms with Gasteiger partial charge >= 0.3 is 0 Å². The highest BCUT2D eigenvalue weighted by molar-refractivity contribution is 6.42. The number of benzene rings is 2. The van der Waals surface area contributed by atoms with Crippen molar-refractivity contribution in [3.63, 3.8) is 0 Å². The van der Waals surface area contributed by atoms with E-state index in [0.717, 1.165) is 0 Å². The van der Waals surface area contributed by atoms with Gasteiger partial charge in [-0.25, -0.2) is 0 Å². The molecule has 7 nitrogen and oxygen atoms in total. The van der Waals surface area contributed by atoms with Crippen LogP contribution in [0.4, 0.5) is 11.4 Å². The molecule has 0 spiro atoms. The van der Waals surface area contributed by atoms with Crippen molar-refractivity contribution < 1.29 is 23.7 Å². The van der Waals surface area contributed by atoms with Crippen LogP contribution in [0, 0.1) is 0 Å². The summed E-state index contributed by atoms with van der Waals surface area (Å²) in [7, 11) is 5.92. The van der Waals surface area contributed by atoms with Crippen molar-refractivity contribution in [3.05, 3.63) is 32.2 Å². The lowest BCUT2D eigenvalue weighted by Gasteiger charge is -2.14. The number of anilines is 2. The first kappa shape index (κ1) is 28.1. The van der Waals surface area contributed by atoms with E-state index in [4.69, 9.17) is 71.1 Å². The second kappa shape index (κ2) is 12.7. The maximum Gasteiger partial charge on any atom is 0.221 e. The van der Waals surface area contributed by atoms with Crippen molar-refractivity contribution in [2.45, 2.75) is 14.4 Å². The molecule has 2 rings (SSSR count). The number of ether oxygens (including phenoxy) is 4. The third kappa shape index (κ3) is 6.54. The summed E-state index contributed by atoms with van der Waals surface area (Å²) in [5.41, 5.74) is 6.16. The van der Waals surface area contributed by atoms with E-state index in [-0.39, 0.29) is 34.8 Å². The first-order chi connectivity index (χ1) is 13.6. The number of hydrogen-bond acceptors (Lipinski definition) is 6. The molecule has 2 aromatic rings. The lowest BCUT2D eigenvalue weighted by Crippen LogP contribution is -2.08. The zero-order valence-electron chi connectivity index (χ0n) is 16.3. The standard InChI is InChI=1S/C10H11Cl2NO3.C8H9Cl2NO2.CH4/c1-5(14)13-10-8(11)6(15-2)4-7(16-3)9(10)12;1-12-4-3-5(13-2)7(10)8(11)6(4)9;/h4H,1-3H3,(H,13,14);3H,11H2,1-2H3;1H4. The predicted molar refractivity (Wildman–Crippen MR) is 125 cm³/mol. The summed E-state index contributed by atoms with van der Waals surface area (Å²) in [5.74, 6) is 1.37. The Balaban J connectivity index is 0.000000553. The number of carbonyl (C=O) groups excluding carboxylic acids is 1. The van der Waals surface area contributed by atoms with Gasteiger partial charge < -0.3 is 30.0 Å². The van der Waals surface area contributed by atoms with Gasteiger partial charge in [0.05, 0.1) is 39.8 Å². The Morgan fingerprint density at radius 1 is 0.767 bits per heavy atom. The van der Waals surface area contributed by atoms with Gasteiger partial charge in [0, 0.05) is 19.1 Å². The molecule has 0 saturated carbocycles. The molecule has 11 heteroatoms. The first-order valence-corrected chi connectivity index (χ1v) is 9.36. The van der Waals surface area contributed by atoms with Crippen molar-refractivity contribution in [3.8, 4) is 23.0 Å². The first-order valence-electron chi connectivity index (χ1n) is 7.85. The molecule has 0 heterocycles. The smallest absolute Gasteiger partial charge is 0.221 e. The monoisotopic (exact) mass is 500 g/mol. The van der Waals surface area contributed by atoms with E-state index in [1.54, 1.807) is 12.1 Å². The van der Waals surface area contributed by atoms with Gasteiger partial charge in [0.25, 0.3) is 0 Å². The SMILES string of the molecule is C.COc1cc(OC)c(Cl)c(N)c1Cl.COc1cc(OC)c(Cl)c(NC(C)=O)c1Cl. The van der Waals surface area contributed by atoms with Crippen LogP contribution in [0.25, 0.3) is 0 Å². The predicted octanol–water partition coefficient (Wildman–Crippen LogP) is 6.20. The molecule has 0 unspecified atom stereocenters. The number of amides is 1. The highest BCUT2D eigenvalue weighted by atomic mass is 35.5. The summed E-state index contributed by atoms with van der Waals surface area (Å²) in [4.78, 5) is 11.0. The third-order valence-electron chi connectivity index (χ3n) is 3.48. The van der Waals surface area contributed by atoms with E-state index in [0.29, 0.717) is 33.0 Å². The summed E-state index contributed by atoms with van der Waals surface area (Å²) < 4.78 is 20.0. The van der Waals surface area contributed by atoms with Gasteiger partial charge in [-0.2, -0.15) is 0 Å². The zero-order chi connectivity index (χ0) is 22.3. The third-order valence-corrected chi connectivity index (χ3v) is 5.01. The molecule has 30 heavy (non-hydrogen) atoms. The molecule has 0 radical (unpaired) electrons. The van der Waals surface area contributed by atoms with Crippen LogP contribution in [0.1, 0.15) is 14.4 Å². The zero-order valence-corrected chi connectivity index (χ0v) is 19.3. The Morgan fingerprint density at radius 3 is 1.33 bits per heavy atom. The van der Waals surface area contributed by atoms with E-state index in [2.05, 4.69) is 5.32 Å². The molecule has 0 atom stereocenters. The second-order valence-electron chi connectivity index (χ2n) is 5.29. The van der Waals surface area contributed by atoms with Crippen LogP contribution in [-0.2, 0) is 4.79 Å². The number of nitrogens with one attached hydrogen (secondary N) is 1. The molecule has 0 saturated heterocycles.